The second kappa shape index (κ2) is 6.62. The number of fused-ring (bicyclic) bond motifs is 5. The monoisotopic (exact) mass is 383 g/mol. The minimum atomic E-state index is -0.0969. The van der Waals surface area contributed by atoms with Crippen molar-refractivity contribution in [2.75, 3.05) is 0 Å². The number of allylic oxidation sites excluding steroid dienone is 1. The lowest BCUT2D eigenvalue weighted by molar-refractivity contribution is -0.0346. The average Bonchev–Trinajstić information content (AvgIpc) is 3.00. The summed E-state index contributed by atoms with van der Waals surface area (Å²) < 4.78 is 0. The third-order valence-corrected chi connectivity index (χ3v) is 10.4. The molecule has 0 amide bonds. The minimum absolute atomic E-state index is 0.0969. The molecule has 3 saturated carbocycles. The lowest BCUT2D eigenvalue weighted by atomic mass is 9.48. The first-order valence-electron chi connectivity index (χ1n) is 11.0. The van der Waals surface area contributed by atoms with E-state index < -0.39 is 0 Å². The van der Waals surface area contributed by atoms with Crippen LogP contribution in [0.25, 0.3) is 0 Å². The highest BCUT2D eigenvalue weighted by Crippen LogP contribution is 2.66. The molecule has 0 aliphatic heterocycles. The van der Waals surface area contributed by atoms with Gasteiger partial charge in [-0.25, -0.2) is 4.98 Å². The summed E-state index contributed by atoms with van der Waals surface area (Å²) in [5.74, 6) is 2.54. The molecule has 0 aromatic carbocycles. The van der Waals surface area contributed by atoms with Crippen molar-refractivity contribution in [3.63, 3.8) is 0 Å². The molecule has 5 rings (SSSR count). The van der Waals surface area contributed by atoms with Crippen LogP contribution in [0.1, 0.15) is 65.2 Å². The number of thioether (sulfide) groups is 1. The van der Waals surface area contributed by atoms with Gasteiger partial charge >= 0.3 is 0 Å². The first kappa shape index (κ1) is 18.2. The fourth-order valence-electron chi connectivity index (χ4n) is 7.35. The zero-order chi connectivity index (χ0) is 18.6. The first-order chi connectivity index (χ1) is 13.0. The molecule has 146 valence electrons. The largest absolute Gasteiger partial charge is 0.393 e. The summed E-state index contributed by atoms with van der Waals surface area (Å²) >= 11 is 2.04. The number of hydrogen-bond acceptors (Lipinski definition) is 3. The van der Waals surface area contributed by atoms with Gasteiger partial charge in [-0.3, -0.25) is 0 Å². The normalized spacial score (nSPS) is 46.2. The zero-order valence-corrected chi connectivity index (χ0v) is 17.5. The van der Waals surface area contributed by atoms with Crippen molar-refractivity contribution in [3.8, 4) is 0 Å². The third kappa shape index (κ3) is 2.83. The predicted octanol–water partition coefficient (Wildman–Crippen LogP) is 5.87. The molecule has 1 heterocycles. The van der Waals surface area contributed by atoms with Crippen LogP contribution in [-0.4, -0.2) is 21.4 Å². The summed E-state index contributed by atoms with van der Waals surface area (Å²) in [6.07, 6.45) is 14.2. The number of hydrogen-bond donors (Lipinski definition) is 1. The molecule has 3 fully saturated rings. The molecule has 1 aromatic rings. The fourth-order valence-corrected chi connectivity index (χ4v) is 8.74. The molecule has 7 atom stereocenters. The molecule has 4 aliphatic rings. The molecule has 0 bridgehead atoms. The molecule has 1 aromatic heterocycles. The molecule has 4 aliphatic carbocycles. The Morgan fingerprint density at radius 2 is 1.96 bits per heavy atom. The van der Waals surface area contributed by atoms with Crippen LogP contribution in [0, 0.1) is 28.6 Å². The highest BCUT2D eigenvalue weighted by atomic mass is 32.2. The average molecular weight is 384 g/mol. The topological polar surface area (TPSA) is 33.1 Å². The molecule has 27 heavy (non-hydrogen) atoms. The van der Waals surface area contributed by atoms with Crippen LogP contribution < -0.4 is 0 Å². The van der Waals surface area contributed by atoms with Crippen LogP contribution in [0.4, 0.5) is 0 Å². The minimum Gasteiger partial charge on any atom is -0.393 e. The van der Waals surface area contributed by atoms with Crippen LogP contribution in [0.3, 0.4) is 0 Å². The molecule has 2 nitrogen and oxygen atoms in total. The van der Waals surface area contributed by atoms with Gasteiger partial charge in [0.2, 0.25) is 0 Å². The van der Waals surface area contributed by atoms with Gasteiger partial charge in [-0.05, 0) is 92.1 Å². The van der Waals surface area contributed by atoms with E-state index in [2.05, 4.69) is 37.0 Å². The summed E-state index contributed by atoms with van der Waals surface area (Å²) in [6.45, 7) is 5.12. The number of rotatable bonds is 2. The Labute approximate surface area is 168 Å². The van der Waals surface area contributed by atoms with Gasteiger partial charge in [0.1, 0.15) is 0 Å². The van der Waals surface area contributed by atoms with Crippen molar-refractivity contribution in [3.05, 3.63) is 36.0 Å². The molecular formula is C24H33NOS. The second-order valence-electron chi connectivity index (χ2n) is 10.1. The number of aromatic nitrogens is 1. The quantitative estimate of drug-likeness (QED) is 0.649. The van der Waals surface area contributed by atoms with E-state index in [1.165, 1.54) is 43.6 Å². The van der Waals surface area contributed by atoms with E-state index in [4.69, 9.17) is 0 Å². The SMILES string of the molecule is C[C@]12CC[C@H]3[C@@H](CC=C4C[C@@H](O)CC[C@@]43C)[C@@H]1CC[C@H]2Sc1ccccn1. The van der Waals surface area contributed by atoms with Crippen LogP contribution >= 0.6 is 11.8 Å². The summed E-state index contributed by atoms with van der Waals surface area (Å²) in [4.78, 5) is 4.59. The molecule has 0 unspecified atom stereocenters. The van der Waals surface area contributed by atoms with Crippen molar-refractivity contribution in [1.29, 1.82) is 0 Å². The smallest absolute Gasteiger partial charge is 0.0962 e. The summed E-state index contributed by atoms with van der Waals surface area (Å²) in [5, 5.41) is 12.1. The summed E-state index contributed by atoms with van der Waals surface area (Å²) in [6, 6.07) is 6.31. The van der Waals surface area contributed by atoms with E-state index in [0.29, 0.717) is 16.1 Å². The molecule has 1 N–H and O–H groups in total. The Morgan fingerprint density at radius 1 is 1.07 bits per heavy atom. The number of pyridine rings is 1. The molecular weight excluding hydrogens is 350 g/mol. The Kier molecular flexibility index (Phi) is 4.48. The Hall–Kier alpha value is -0.800. The first-order valence-corrected chi connectivity index (χ1v) is 11.8. The zero-order valence-electron chi connectivity index (χ0n) is 16.7. The van der Waals surface area contributed by atoms with Crippen molar-refractivity contribution in [1.82, 2.24) is 4.98 Å². The van der Waals surface area contributed by atoms with Crippen LogP contribution in [0.15, 0.2) is 41.1 Å². The van der Waals surface area contributed by atoms with Gasteiger partial charge in [0.05, 0.1) is 11.1 Å². The van der Waals surface area contributed by atoms with E-state index in [1.54, 1.807) is 5.57 Å². The van der Waals surface area contributed by atoms with Crippen LogP contribution in [0.2, 0.25) is 0 Å². The van der Waals surface area contributed by atoms with Crippen molar-refractivity contribution >= 4 is 11.8 Å². The van der Waals surface area contributed by atoms with Gasteiger partial charge in [-0.1, -0.05) is 31.6 Å². The number of aliphatic hydroxyl groups excluding tert-OH is 1. The van der Waals surface area contributed by atoms with Gasteiger partial charge in [-0.2, -0.15) is 0 Å². The highest BCUT2D eigenvalue weighted by molar-refractivity contribution is 7.99. The molecule has 0 spiro atoms. The lowest BCUT2D eigenvalue weighted by Crippen LogP contribution is -2.50. The summed E-state index contributed by atoms with van der Waals surface area (Å²) in [5.41, 5.74) is 2.40. The van der Waals surface area contributed by atoms with Gasteiger partial charge in [0, 0.05) is 11.4 Å². The van der Waals surface area contributed by atoms with Crippen LogP contribution in [0.5, 0.6) is 0 Å². The fraction of sp³-hybridized carbons (Fsp3) is 0.708. The number of nitrogens with zero attached hydrogens (tertiary/aromatic N) is 1. The van der Waals surface area contributed by atoms with E-state index in [-0.39, 0.29) is 6.10 Å². The predicted molar refractivity (Wildman–Crippen MR) is 112 cm³/mol. The standard InChI is InChI=1S/C24H33NOS/c1-23-12-10-17(26)15-16(23)6-7-18-19-8-9-21(24(19,2)13-11-20(18)23)27-22-5-3-4-14-25-22/h3-6,14,17-21,26H,7-13,15H2,1-2H3/t17-,18-,19-,20-,21+,23-,24-/m0/s1. The van der Waals surface area contributed by atoms with Gasteiger partial charge in [-0.15, -0.1) is 11.8 Å². The molecule has 0 radical (unpaired) electrons. The Balaban J connectivity index is 1.40. The molecule has 3 heteroatoms. The maximum atomic E-state index is 10.2. The van der Waals surface area contributed by atoms with Crippen molar-refractivity contribution < 1.29 is 5.11 Å². The van der Waals surface area contributed by atoms with Gasteiger partial charge in [0.15, 0.2) is 0 Å². The molecule has 0 saturated heterocycles. The maximum Gasteiger partial charge on any atom is 0.0962 e. The Morgan fingerprint density at radius 3 is 2.78 bits per heavy atom. The van der Waals surface area contributed by atoms with E-state index in [9.17, 15) is 5.11 Å². The van der Waals surface area contributed by atoms with Crippen molar-refractivity contribution in [2.45, 2.75) is 81.6 Å². The van der Waals surface area contributed by atoms with Gasteiger partial charge in [0.25, 0.3) is 0 Å². The highest BCUT2D eigenvalue weighted by Gasteiger charge is 2.58. The van der Waals surface area contributed by atoms with E-state index >= 15 is 0 Å². The maximum absolute atomic E-state index is 10.2. The Bertz CT molecular complexity index is 733. The van der Waals surface area contributed by atoms with Crippen molar-refractivity contribution in [2.24, 2.45) is 28.6 Å². The summed E-state index contributed by atoms with van der Waals surface area (Å²) in [7, 11) is 0. The van der Waals surface area contributed by atoms with Crippen LogP contribution in [-0.2, 0) is 0 Å². The lowest BCUT2D eigenvalue weighted by Gasteiger charge is -2.58. The third-order valence-electron chi connectivity index (χ3n) is 8.89. The second-order valence-corrected chi connectivity index (χ2v) is 11.3. The number of aliphatic hydroxyl groups is 1. The van der Waals surface area contributed by atoms with E-state index in [0.717, 1.165) is 30.6 Å². The van der Waals surface area contributed by atoms with Gasteiger partial charge < -0.3 is 5.11 Å². The van der Waals surface area contributed by atoms with E-state index in [1.807, 2.05) is 24.0 Å².